The van der Waals surface area contributed by atoms with Crippen LogP contribution >= 0.6 is 34.5 Å². The first kappa shape index (κ1) is 20.4. The van der Waals surface area contributed by atoms with Crippen LogP contribution < -0.4 is 0 Å². The summed E-state index contributed by atoms with van der Waals surface area (Å²) in [6, 6.07) is 17.3. The van der Waals surface area contributed by atoms with Gasteiger partial charge in [-0.3, -0.25) is 4.79 Å². The van der Waals surface area contributed by atoms with E-state index in [1.54, 1.807) is 66.0 Å². The molecule has 0 saturated heterocycles. The molecular formula is C23H14Cl2O4S. The Bertz CT molecular complexity index is 1220. The quantitative estimate of drug-likeness (QED) is 0.314. The monoisotopic (exact) mass is 456 g/mol. The topological polar surface area (TPSA) is 67.5 Å². The highest BCUT2D eigenvalue weighted by atomic mass is 35.5. The van der Waals surface area contributed by atoms with E-state index in [2.05, 4.69) is 0 Å². The van der Waals surface area contributed by atoms with Gasteiger partial charge in [0.05, 0.1) is 5.56 Å². The number of carboxylic acids is 1. The fourth-order valence-electron chi connectivity index (χ4n) is 3.09. The van der Waals surface area contributed by atoms with E-state index in [0.717, 1.165) is 11.1 Å². The van der Waals surface area contributed by atoms with Gasteiger partial charge in [0.2, 0.25) is 5.78 Å². The van der Waals surface area contributed by atoms with Crippen LogP contribution in [0.2, 0.25) is 10.0 Å². The first-order valence-electron chi connectivity index (χ1n) is 8.91. The Morgan fingerprint density at radius 3 is 2.07 bits per heavy atom. The van der Waals surface area contributed by atoms with Crippen LogP contribution in [0.3, 0.4) is 0 Å². The van der Waals surface area contributed by atoms with Gasteiger partial charge in [0.15, 0.2) is 5.76 Å². The van der Waals surface area contributed by atoms with E-state index in [0.29, 0.717) is 26.2 Å². The Hall–Kier alpha value is -2.86. The van der Waals surface area contributed by atoms with Crippen molar-refractivity contribution in [3.05, 3.63) is 92.3 Å². The minimum atomic E-state index is -1.08. The normalized spacial score (nSPS) is 10.9. The molecule has 0 atom stereocenters. The highest BCUT2D eigenvalue weighted by Gasteiger charge is 2.23. The molecule has 0 amide bonds. The summed E-state index contributed by atoms with van der Waals surface area (Å²) in [4.78, 5) is 25.1. The molecule has 4 rings (SSSR count). The van der Waals surface area contributed by atoms with Crippen LogP contribution in [0.15, 0.2) is 70.5 Å². The van der Waals surface area contributed by atoms with Crippen LogP contribution in [0, 0.1) is 0 Å². The average molecular weight is 457 g/mol. The van der Waals surface area contributed by atoms with Crippen LogP contribution in [0.5, 0.6) is 0 Å². The minimum absolute atomic E-state index is 0.0620. The van der Waals surface area contributed by atoms with Crippen molar-refractivity contribution in [2.24, 2.45) is 0 Å². The third-order valence-electron chi connectivity index (χ3n) is 4.57. The molecule has 30 heavy (non-hydrogen) atoms. The summed E-state index contributed by atoms with van der Waals surface area (Å²) in [5.74, 6) is -0.647. The van der Waals surface area contributed by atoms with Crippen LogP contribution in [0.4, 0.5) is 0 Å². The molecule has 7 heteroatoms. The first-order chi connectivity index (χ1) is 14.4. The summed E-state index contributed by atoms with van der Waals surface area (Å²) in [7, 11) is 0. The lowest BCUT2D eigenvalue weighted by molar-refractivity contribution is 0.0697. The largest absolute Gasteiger partial charge is 0.478 e. The number of carbonyl (C=O) groups is 2. The van der Waals surface area contributed by atoms with E-state index in [4.69, 9.17) is 27.6 Å². The predicted octanol–water partition coefficient (Wildman–Crippen LogP) is 7.11. The smallest absolute Gasteiger partial charge is 0.337 e. The van der Waals surface area contributed by atoms with E-state index in [-0.39, 0.29) is 23.5 Å². The predicted molar refractivity (Wildman–Crippen MR) is 119 cm³/mol. The molecule has 0 bridgehead atoms. The maximum Gasteiger partial charge on any atom is 0.337 e. The molecule has 2 aromatic heterocycles. The molecule has 4 aromatic rings. The number of furan rings is 1. The van der Waals surface area contributed by atoms with E-state index in [1.807, 2.05) is 0 Å². The number of hydrogen-bond acceptors (Lipinski definition) is 4. The van der Waals surface area contributed by atoms with Crippen LogP contribution in [-0.2, 0) is 6.42 Å². The van der Waals surface area contributed by atoms with Gasteiger partial charge in [-0.1, -0.05) is 35.3 Å². The van der Waals surface area contributed by atoms with Gasteiger partial charge in [0, 0.05) is 32.5 Å². The third-order valence-corrected chi connectivity index (χ3v) is 6.06. The number of rotatable bonds is 6. The number of benzene rings is 2. The molecule has 0 aliphatic carbocycles. The molecule has 0 radical (unpaired) electrons. The fraction of sp³-hybridized carbons (Fsp3) is 0.0435. The molecule has 0 unspecified atom stereocenters. The van der Waals surface area contributed by atoms with Gasteiger partial charge in [-0.15, -0.1) is 11.3 Å². The molecule has 0 saturated carbocycles. The molecule has 2 heterocycles. The summed E-state index contributed by atoms with van der Waals surface area (Å²) < 4.78 is 5.70. The minimum Gasteiger partial charge on any atom is -0.478 e. The van der Waals surface area contributed by atoms with Crippen LogP contribution in [0.1, 0.15) is 25.8 Å². The molecule has 150 valence electrons. The zero-order valence-electron chi connectivity index (χ0n) is 15.4. The SMILES string of the molecule is O=C(Cc1scc(-c2ccc(Cl)cc2)c1C(=O)O)c1ccc(-c2ccc(Cl)cc2)o1. The Morgan fingerprint density at radius 2 is 1.47 bits per heavy atom. The molecule has 0 aliphatic rings. The van der Waals surface area contributed by atoms with E-state index >= 15 is 0 Å². The van der Waals surface area contributed by atoms with Gasteiger partial charge >= 0.3 is 5.97 Å². The second kappa shape index (κ2) is 8.48. The summed E-state index contributed by atoms with van der Waals surface area (Å²) in [6.45, 7) is 0. The second-order valence-electron chi connectivity index (χ2n) is 6.53. The number of carboxylic acid groups (broad SMARTS) is 1. The maximum atomic E-state index is 12.8. The lowest BCUT2D eigenvalue weighted by Crippen LogP contribution is -2.06. The number of halogens is 2. The van der Waals surface area contributed by atoms with Gasteiger partial charge < -0.3 is 9.52 Å². The van der Waals surface area contributed by atoms with Crippen molar-refractivity contribution < 1.29 is 19.1 Å². The van der Waals surface area contributed by atoms with Crippen molar-refractivity contribution in [1.82, 2.24) is 0 Å². The molecule has 4 nitrogen and oxygen atoms in total. The lowest BCUT2D eigenvalue weighted by atomic mass is 10.0. The number of Topliss-reactive ketones (excluding diaryl/α,β-unsaturated/α-hetero) is 1. The molecular weight excluding hydrogens is 443 g/mol. The second-order valence-corrected chi connectivity index (χ2v) is 8.37. The van der Waals surface area contributed by atoms with Gasteiger partial charge in [-0.25, -0.2) is 4.79 Å². The van der Waals surface area contributed by atoms with Gasteiger partial charge in [0.1, 0.15) is 5.76 Å². The van der Waals surface area contributed by atoms with Crippen molar-refractivity contribution in [3.63, 3.8) is 0 Å². The Kier molecular flexibility index (Phi) is 5.77. The van der Waals surface area contributed by atoms with Crippen molar-refractivity contribution in [2.75, 3.05) is 0 Å². The lowest BCUT2D eigenvalue weighted by Gasteiger charge is -2.04. The Labute approximate surface area is 186 Å². The van der Waals surface area contributed by atoms with Gasteiger partial charge in [-0.05, 0) is 59.5 Å². The van der Waals surface area contributed by atoms with Crippen molar-refractivity contribution >= 4 is 46.3 Å². The standard InChI is InChI=1S/C23H14Cl2O4S/c24-15-5-1-13(2-6-15)17-12-30-21(22(17)23(27)28)11-18(26)20-10-9-19(29-20)14-3-7-16(25)8-4-14/h1-10,12H,11H2,(H,27,28). The highest BCUT2D eigenvalue weighted by molar-refractivity contribution is 7.11. The fourth-order valence-corrected chi connectivity index (χ4v) is 4.39. The molecule has 2 aromatic carbocycles. The molecule has 0 fully saturated rings. The summed E-state index contributed by atoms with van der Waals surface area (Å²) >= 11 is 13.1. The summed E-state index contributed by atoms with van der Waals surface area (Å²) in [5.41, 5.74) is 2.22. The Balaban J connectivity index is 1.60. The van der Waals surface area contributed by atoms with E-state index in [9.17, 15) is 14.7 Å². The summed E-state index contributed by atoms with van der Waals surface area (Å²) in [6.07, 6.45) is -0.0620. The third kappa shape index (κ3) is 4.19. The van der Waals surface area contributed by atoms with Crippen LogP contribution in [0.25, 0.3) is 22.5 Å². The van der Waals surface area contributed by atoms with E-state index < -0.39 is 5.97 Å². The zero-order chi connectivity index (χ0) is 21.3. The highest BCUT2D eigenvalue weighted by Crippen LogP contribution is 2.34. The average Bonchev–Trinajstić information content (AvgIpc) is 3.37. The van der Waals surface area contributed by atoms with Gasteiger partial charge in [-0.2, -0.15) is 0 Å². The number of aromatic carboxylic acids is 1. The molecule has 0 spiro atoms. The Morgan fingerprint density at radius 1 is 0.867 bits per heavy atom. The first-order valence-corrected chi connectivity index (χ1v) is 10.5. The molecule has 0 aliphatic heterocycles. The number of ketones is 1. The van der Waals surface area contributed by atoms with E-state index in [1.165, 1.54) is 11.3 Å². The molecule has 1 N–H and O–H groups in total. The number of hydrogen-bond donors (Lipinski definition) is 1. The van der Waals surface area contributed by atoms with Crippen molar-refractivity contribution in [1.29, 1.82) is 0 Å². The zero-order valence-corrected chi connectivity index (χ0v) is 17.7. The van der Waals surface area contributed by atoms with Gasteiger partial charge in [0.25, 0.3) is 0 Å². The van der Waals surface area contributed by atoms with Crippen LogP contribution in [-0.4, -0.2) is 16.9 Å². The van der Waals surface area contributed by atoms with Crippen molar-refractivity contribution in [3.8, 4) is 22.5 Å². The van der Waals surface area contributed by atoms with Crippen molar-refractivity contribution in [2.45, 2.75) is 6.42 Å². The maximum absolute atomic E-state index is 12.8. The summed E-state index contributed by atoms with van der Waals surface area (Å²) in [5, 5.41) is 12.7. The number of carbonyl (C=O) groups excluding carboxylic acids is 1. The number of thiophene rings is 1.